The third-order valence-corrected chi connectivity index (χ3v) is 5.06. The van der Waals surface area contributed by atoms with Crippen LogP contribution in [0.5, 0.6) is 17.2 Å². The van der Waals surface area contributed by atoms with Crippen LogP contribution in [-0.2, 0) is 6.54 Å². The molecule has 1 N–H and O–H groups in total. The Kier molecular flexibility index (Phi) is 8.21. The average molecular weight is 535 g/mol. The summed E-state index contributed by atoms with van der Waals surface area (Å²) in [5.74, 6) is -0.123. The Balaban J connectivity index is 1.88. The first-order valence-electron chi connectivity index (χ1n) is 10.7. The van der Waals surface area contributed by atoms with Gasteiger partial charge >= 0.3 is 18.5 Å². The molecule has 12 heteroatoms. The van der Waals surface area contributed by atoms with Crippen molar-refractivity contribution in [3.63, 3.8) is 0 Å². The zero-order valence-electron chi connectivity index (χ0n) is 19.2. The lowest BCUT2D eigenvalue weighted by atomic mass is 10.1. The van der Waals surface area contributed by atoms with Gasteiger partial charge in [0.15, 0.2) is 6.10 Å². The van der Waals surface area contributed by atoms with E-state index < -0.39 is 43.4 Å². The van der Waals surface area contributed by atoms with Crippen molar-refractivity contribution < 1.29 is 49.7 Å². The molecule has 0 aliphatic heterocycles. The molecule has 0 aliphatic carbocycles. The smallest absolute Gasteiger partial charge is 0.457 e. The zero-order valence-corrected chi connectivity index (χ0v) is 19.2. The Bertz CT molecular complexity index is 1180. The molecule has 37 heavy (non-hydrogen) atoms. The van der Waals surface area contributed by atoms with E-state index in [1.165, 1.54) is 24.3 Å². The minimum absolute atomic E-state index is 0.0507. The fraction of sp³-hybridized carbons (Fsp3) is 0.280. The summed E-state index contributed by atoms with van der Waals surface area (Å²) in [6.45, 7) is 0.524. The first-order valence-corrected chi connectivity index (χ1v) is 10.7. The number of aliphatic hydroxyl groups is 1. The maximum absolute atomic E-state index is 13.3. The van der Waals surface area contributed by atoms with Crippen LogP contribution in [0.3, 0.4) is 0 Å². The van der Waals surface area contributed by atoms with Crippen LogP contribution in [0.15, 0.2) is 72.8 Å². The predicted octanol–water partition coefficient (Wildman–Crippen LogP) is 7.25. The van der Waals surface area contributed by atoms with E-state index in [1.54, 1.807) is 30.3 Å². The van der Waals surface area contributed by atoms with Crippen LogP contribution in [-0.4, -0.2) is 36.2 Å². The lowest BCUT2D eigenvalue weighted by Crippen LogP contribution is -2.42. The SMILES string of the molecule is Cc1ccc(Oc2cccc(N(Cc3cccc(OC(F)(F)C(F)(F)F)c3)C[C@@H](O)C(F)(F)F)c2)cc1. The number of hydrogen-bond donors (Lipinski definition) is 1. The van der Waals surface area contributed by atoms with Crippen molar-refractivity contribution in [3.8, 4) is 17.2 Å². The summed E-state index contributed by atoms with van der Waals surface area (Å²) in [5, 5.41) is 9.68. The average Bonchev–Trinajstić information content (AvgIpc) is 2.79. The minimum atomic E-state index is -5.97. The highest BCUT2D eigenvalue weighted by Crippen LogP contribution is 2.37. The van der Waals surface area contributed by atoms with Gasteiger partial charge in [-0.3, -0.25) is 0 Å². The molecule has 0 bridgehead atoms. The monoisotopic (exact) mass is 535 g/mol. The predicted molar refractivity (Wildman–Crippen MR) is 119 cm³/mol. The van der Waals surface area contributed by atoms with Crippen molar-refractivity contribution in [1.29, 1.82) is 0 Å². The summed E-state index contributed by atoms with van der Waals surface area (Å²) < 4.78 is 113. The number of alkyl halides is 8. The van der Waals surface area contributed by atoms with Gasteiger partial charge in [-0.1, -0.05) is 35.9 Å². The van der Waals surface area contributed by atoms with E-state index >= 15 is 0 Å². The standard InChI is InChI=1S/C25H21F8NO3/c1-16-8-10-19(11-9-16)36-20-6-3-5-18(13-20)34(15-22(35)23(26,27)28)14-17-4-2-7-21(12-17)37-25(32,33)24(29,30)31/h2-13,22,35H,14-15H2,1H3/t22-/m1/s1. The van der Waals surface area contributed by atoms with E-state index in [1.807, 2.05) is 6.92 Å². The topological polar surface area (TPSA) is 41.9 Å². The van der Waals surface area contributed by atoms with Gasteiger partial charge in [-0.05, 0) is 48.9 Å². The molecule has 3 rings (SSSR count). The lowest BCUT2D eigenvalue weighted by Gasteiger charge is -2.29. The third-order valence-electron chi connectivity index (χ3n) is 5.06. The summed E-state index contributed by atoms with van der Waals surface area (Å²) in [6.07, 6.45) is -19.2. The Morgan fingerprint density at radius 3 is 2.03 bits per heavy atom. The van der Waals surface area contributed by atoms with Crippen molar-refractivity contribution in [1.82, 2.24) is 0 Å². The van der Waals surface area contributed by atoms with Gasteiger partial charge in [0.25, 0.3) is 0 Å². The molecule has 1 atom stereocenters. The first-order chi connectivity index (χ1) is 17.1. The maximum atomic E-state index is 13.3. The molecular weight excluding hydrogens is 514 g/mol. The highest BCUT2D eigenvalue weighted by molar-refractivity contribution is 5.52. The number of ether oxygens (including phenoxy) is 2. The number of rotatable bonds is 9. The van der Waals surface area contributed by atoms with Gasteiger partial charge in [0.1, 0.15) is 17.2 Å². The Morgan fingerprint density at radius 1 is 0.784 bits per heavy atom. The number of benzene rings is 3. The second kappa shape index (κ2) is 10.8. The molecule has 0 fully saturated rings. The summed E-state index contributed by atoms with van der Waals surface area (Å²) in [6, 6.07) is 17.0. The van der Waals surface area contributed by atoms with E-state index in [-0.39, 0.29) is 17.0 Å². The van der Waals surface area contributed by atoms with E-state index in [0.29, 0.717) is 5.75 Å². The molecule has 0 aromatic heterocycles. The van der Waals surface area contributed by atoms with Gasteiger partial charge in [0.05, 0.1) is 6.54 Å². The molecule has 0 heterocycles. The molecule has 0 radical (unpaired) electrons. The van der Waals surface area contributed by atoms with Crippen LogP contribution in [0.4, 0.5) is 40.8 Å². The molecule has 0 saturated carbocycles. The minimum Gasteiger partial charge on any atom is -0.457 e. The van der Waals surface area contributed by atoms with Gasteiger partial charge in [-0.2, -0.15) is 35.1 Å². The summed E-state index contributed by atoms with van der Waals surface area (Å²) in [4.78, 5) is 1.08. The quantitative estimate of drug-likeness (QED) is 0.293. The molecule has 0 spiro atoms. The molecule has 0 saturated heterocycles. The van der Waals surface area contributed by atoms with Crippen molar-refractivity contribution in [3.05, 3.63) is 83.9 Å². The van der Waals surface area contributed by atoms with E-state index in [0.717, 1.165) is 28.7 Å². The first kappa shape index (κ1) is 28.0. The molecule has 200 valence electrons. The zero-order chi connectivity index (χ0) is 27.4. The maximum Gasteiger partial charge on any atom is 0.499 e. The fourth-order valence-electron chi connectivity index (χ4n) is 3.19. The molecular formula is C25H21F8NO3. The largest absolute Gasteiger partial charge is 0.499 e. The summed E-state index contributed by atoms with van der Waals surface area (Å²) in [7, 11) is 0. The molecule has 3 aromatic carbocycles. The fourth-order valence-corrected chi connectivity index (χ4v) is 3.19. The number of nitrogens with zero attached hydrogens (tertiary/aromatic N) is 1. The highest BCUT2D eigenvalue weighted by atomic mass is 19.4. The molecule has 0 amide bonds. The molecule has 4 nitrogen and oxygen atoms in total. The normalized spacial score (nSPS) is 13.2. The van der Waals surface area contributed by atoms with Crippen LogP contribution in [0, 0.1) is 6.92 Å². The number of halogens is 8. The van der Waals surface area contributed by atoms with Gasteiger partial charge < -0.3 is 19.5 Å². The second-order valence-corrected chi connectivity index (χ2v) is 8.11. The van der Waals surface area contributed by atoms with Crippen LogP contribution in [0.25, 0.3) is 0 Å². The number of hydrogen-bond acceptors (Lipinski definition) is 4. The lowest BCUT2D eigenvalue weighted by molar-refractivity contribution is -0.360. The Labute approximate surface area is 206 Å². The number of anilines is 1. The van der Waals surface area contributed by atoms with Gasteiger partial charge in [0.2, 0.25) is 0 Å². The van der Waals surface area contributed by atoms with Crippen molar-refractivity contribution >= 4 is 5.69 Å². The van der Waals surface area contributed by atoms with Gasteiger partial charge in [-0.15, -0.1) is 0 Å². The van der Waals surface area contributed by atoms with E-state index in [9.17, 15) is 40.2 Å². The van der Waals surface area contributed by atoms with Gasteiger partial charge in [-0.25, -0.2) is 0 Å². The van der Waals surface area contributed by atoms with Gasteiger partial charge in [0, 0.05) is 18.3 Å². The Hall–Kier alpha value is -3.54. The van der Waals surface area contributed by atoms with Crippen molar-refractivity contribution in [2.75, 3.05) is 11.4 Å². The number of aliphatic hydroxyl groups excluding tert-OH is 1. The summed E-state index contributed by atoms with van der Waals surface area (Å²) in [5.41, 5.74) is 1.20. The number of aryl methyl sites for hydroxylation is 1. The molecule has 0 aliphatic rings. The van der Waals surface area contributed by atoms with Crippen molar-refractivity contribution in [2.24, 2.45) is 0 Å². The third kappa shape index (κ3) is 7.72. The van der Waals surface area contributed by atoms with Crippen LogP contribution in [0.1, 0.15) is 11.1 Å². The molecule has 3 aromatic rings. The summed E-state index contributed by atoms with van der Waals surface area (Å²) >= 11 is 0. The molecule has 0 unspecified atom stereocenters. The highest BCUT2D eigenvalue weighted by Gasteiger charge is 2.61. The van der Waals surface area contributed by atoms with Crippen LogP contribution < -0.4 is 14.4 Å². The van der Waals surface area contributed by atoms with E-state index in [4.69, 9.17) is 4.74 Å². The second-order valence-electron chi connectivity index (χ2n) is 8.11. The van der Waals surface area contributed by atoms with Crippen LogP contribution in [0.2, 0.25) is 0 Å². The Morgan fingerprint density at radius 2 is 1.41 bits per heavy atom. The van der Waals surface area contributed by atoms with Crippen molar-refractivity contribution in [2.45, 2.75) is 38.0 Å². The van der Waals surface area contributed by atoms with E-state index in [2.05, 4.69) is 4.74 Å². The van der Waals surface area contributed by atoms with Crippen LogP contribution >= 0.6 is 0 Å².